The highest BCUT2D eigenvalue weighted by Crippen LogP contribution is 2.24. The fraction of sp³-hybridized carbons (Fsp3) is 0.880. The van der Waals surface area contributed by atoms with E-state index in [1.165, 1.54) is 122 Å². The van der Waals surface area contributed by atoms with Crippen LogP contribution in [-0.2, 0) is 38.7 Å². The predicted octanol–water partition coefficient (Wildman–Crippen LogP) is 11.2. The van der Waals surface area contributed by atoms with Crippen molar-refractivity contribution in [1.82, 2.24) is 0 Å². The summed E-state index contributed by atoms with van der Waals surface area (Å²) in [5.41, 5.74) is 0. The van der Waals surface area contributed by atoms with Crippen molar-refractivity contribution in [3.05, 3.63) is 24.3 Å². The third kappa shape index (κ3) is 35.1. The van der Waals surface area contributed by atoms with Crippen LogP contribution in [0.1, 0.15) is 226 Å². The zero-order valence-electron chi connectivity index (χ0n) is 39.7. The van der Waals surface area contributed by atoms with Gasteiger partial charge in [-0.2, -0.15) is 8.42 Å². The third-order valence-corrected chi connectivity index (χ3v) is 12.5. The summed E-state index contributed by atoms with van der Waals surface area (Å²) < 4.78 is 54.2. The first-order valence-corrected chi connectivity index (χ1v) is 27.0. The number of unbranched alkanes of at least 4 members (excludes halogenated alkanes) is 27. The standard InChI is InChI=1S/C50H92O12S/c1-3-5-7-9-11-13-15-17-19-20-21-22-23-25-27-29-31-33-35-37-39-46(52)61-43(41-60-50-49(55)48(54)47(53)44(62-50)42-63(56,57)58)40-59-45(51)38-36-34-32-30-28-26-24-18-16-14-12-10-8-6-4-2/h12,14,18,24,43-44,47-50,53-55H,3-11,13,15-17,19-23,25-42H2,1-2H3,(H,56,57,58)/b14-12+,24-18+/t43-,44-,47-,48?,49?,50+/m1/s1. The third-order valence-electron chi connectivity index (χ3n) is 11.8. The molecule has 0 aromatic rings. The van der Waals surface area contributed by atoms with Gasteiger partial charge in [0.15, 0.2) is 12.4 Å². The fourth-order valence-corrected chi connectivity index (χ4v) is 8.52. The van der Waals surface area contributed by atoms with Crippen LogP contribution in [0, 0.1) is 0 Å². The SMILES string of the molecule is CCCCC/C=C/C/C=C/CCCCCCCC(=O)OC[C@H](CO[C@H]1O[C@H](CS(=O)(=O)O)[C@@H](O)C(O)C1O)OC(=O)CCCCCCCCCCCCCCCCCCCCCC. The van der Waals surface area contributed by atoms with Gasteiger partial charge in [-0.15, -0.1) is 0 Å². The molecule has 0 amide bonds. The molecule has 0 spiro atoms. The Balaban J connectivity index is 2.37. The Morgan fingerprint density at radius 3 is 1.43 bits per heavy atom. The van der Waals surface area contributed by atoms with Crippen LogP contribution in [0.2, 0.25) is 0 Å². The maximum atomic E-state index is 12.9. The molecule has 0 bridgehead atoms. The molecule has 12 nitrogen and oxygen atoms in total. The molecule has 1 saturated heterocycles. The number of aliphatic hydroxyl groups is 3. The van der Waals surface area contributed by atoms with Crippen LogP contribution in [0.5, 0.6) is 0 Å². The van der Waals surface area contributed by atoms with E-state index in [4.69, 9.17) is 18.9 Å². The molecule has 6 atom stereocenters. The monoisotopic (exact) mass is 917 g/mol. The first kappa shape index (κ1) is 59.1. The maximum absolute atomic E-state index is 12.9. The molecule has 63 heavy (non-hydrogen) atoms. The smallest absolute Gasteiger partial charge is 0.306 e. The minimum absolute atomic E-state index is 0.166. The average molecular weight is 917 g/mol. The van der Waals surface area contributed by atoms with Crippen LogP contribution >= 0.6 is 0 Å². The molecule has 0 aliphatic carbocycles. The van der Waals surface area contributed by atoms with E-state index in [1.54, 1.807) is 0 Å². The second-order valence-electron chi connectivity index (χ2n) is 17.8. The normalized spacial score (nSPS) is 19.9. The van der Waals surface area contributed by atoms with Crippen molar-refractivity contribution in [1.29, 1.82) is 0 Å². The Morgan fingerprint density at radius 1 is 0.540 bits per heavy atom. The van der Waals surface area contributed by atoms with Crippen molar-refractivity contribution in [2.45, 2.75) is 263 Å². The number of hydrogen-bond donors (Lipinski definition) is 4. The summed E-state index contributed by atoms with van der Waals surface area (Å²) in [6.45, 7) is 3.75. The highest BCUT2D eigenvalue weighted by atomic mass is 32.2. The summed E-state index contributed by atoms with van der Waals surface area (Å²) >= 11 is 0. The first-order chi connectivity index (χ1) is 30.5. The number of ether oxygens (including phenoxy) is 4. The van der Waals surface area contributed by atoms with Crippen molar-refractivity contribution in [2.24, 2.45) is 0 Å². The Morgan fingerprint density at radius 2 is 0.952 bits per heavy atom. The lowest BCUT2D eigenvalue weighted by molar-refractivity contribution is -0.297. The summed E-state index contributed by atoms with van der Waals surface area (Å²) in [4.78, 5) is 25.5. The van der Waals surface area contributed by atoms with Gasteiger partial charge in [0.25, 0.3) is 10.1 Å². The Hall–Kier alpha value is -1.87. The van der Waals surface area contributed by atoms with Gasteiger partial charge >= 0.3 is 11.9 Å². The molecule has 4 N–H and O–H groups in total. The van der Waals surface area contributed by atoms with Crippen LogP contribution in [0.25, 0.3) is 0 Å². The van der Waals surface area contributed by atoms with E-state index in [2.05, 4.69) is 38.2 Å². The molecule has 0 radical (unpaired) electrons. The van der Waals surface area contributed by atoms with Gasteiger partial charge in [-0.05, 0) is 44.9 Å². The van der Waals surface area contributed by atoms with Crippen molar-refractivity contribution >= 4 is 22.1 Å². The number of carbonyl (C=O) groups is 2. The van der Waals surface area contributed by atoms with E-state index in [1.807, 2.05) is 0 Å². The lowest BCUT2D eigenvalue weighted by Gasteiger charge is -2.40. The van der Waals surface area contributed by atoms with Crippen LogP contribution in [-0.4, -0.2) is 96.0 Å². The number of esters is 2. The minimum atomic E-state index is -4.60. The summed E-state index contributed by atoms with van der Waals surface area (Å²) in [7, 11) is -4.60. The molecule has 13 heteroatoms. The number of allylic oxidation sites excluding steroid dienone is 4. The van der Waals surface area contributed by atoms with E-state index >= 15 is 0 Å². The lowest BCUT2D eigenvalue weighted by Crippen LogP contribution is -2.60. The molecular formula is C50H92O12S. The second-order valence-corrected chi connectivity index (χ2v) is 19.3. The number of hydrogen-bond acceptors (Lipinski definition) is 11. The maximum Gasteiger partial charge on any atom is 0.306 e. The highest BCUT2D eigenvalue weighted by Gasteiger charge is 2.46. The van der Waals surface area contributed by atoms with Crippen LogP contribution in [0.3, 0.4) is 0 Å². The molecule has 2 unspecified atom stereocenters. The number of rotatable bonds is 43. The van der Waals surface area contributed by atoms with Gasteiger partial charge in [0.1, 0.15) is 36.8 Å². The van der Waals surface area contributed by atoms with Crippen molar-refractivity contribution < 1.29 is 56.8 Å². The molecule has 0 aromatic heterocycles. The Bertz CT molecular complexity index is 1260. The number of carbonyl (C=O) groups excluding carboxylic acids is 2. The molecule has 1 rings (SSSR count). The van der Waals surface area contributed by atoms with Crippen molar-refractivity contribution in [2.75, 3.05) is 19.0 Å². The minimum Gasteiger partial charge on any atom is -0.462 e. The lowest BCUT2D eigenvalue weighted by atomic mass is 10.00. The van der Waals surface area contributed by atoms with Crippen LogP contribution in [0.4, 0.5) is 0 Å². The van der Waals surface area contributed by atoms with Gasteiger partial charge in [-0.25, -0.2) is 0 Å². The quantitative estimate of drug-likeness (QED) is 0.0197. The van der Waals surface area contributed by atoms with Gasteiger partial charge in [0.05, 0.1) is 6.61 Å². The molecule has 370 valence electrons. The molecule has 0 aromatic carbocycles. The zero-order valence-corrected chi connectivity index (χ0v) is 40.5. The van der Waals surface area contributed by atoms with E-state index in [0.29, 0.717) is 12.8 Å². The van der Waals surface area contributed by atoms with E-state index in [-0.39, 0.29) is 19.4 Å². The van der Waals surface area contributed by atoms with Crippen molar-refractivity contribution in [3.8, 4) is 0 Å². The molecular weight excluding hydrogens is 825 g/mol. The Labute approximate surface area is 383 Å². The molecule has 0 saturated carbocycles. The first-order valence-electron chi connectivity index (χ1n) is 25.4. The fourth-order valence-electron chi connectivity index (χ4n) is 7.83. The van der Waals surface area contributed by atoms with E-state index in [9.17, 15) is 37.9 Å². The summed E-state index contributed by atoms with van der Waals surface area (Å²) in [5.74, 6) is -1.99. The molecule has 1 heterocycles. The van der Waals surface area contributed by atoms with E-state index in [0.717, 1.165) is 64.2 Å². The second kappa shape index (κ2) is 40.4. The van der Waals surface area contributed by atoms with E-state index < -0.39 is 71.2 Å². The highest BCUT2D eigenvalue weighted by molar-refractivity contribution is 7.85. The molecule has 1 aliphatic heterocycles. The van der Waals surface area contributed by atoms with Gasteiger partial charge in [0.2, 0.25) is 0 Å². The predicted molar refractivity (Wildman–Crippen MR) is 252 cm³/mol. The van der Waals surface area contributed by atoms with Crippen LogP contribution < -0.4 is 0 Å². The van der Waals surface area contributed by atoms with Gasteiger partial charge < -0.3 is 34.3 Å². The Kier molecular flexibility index (Phi) is 37.9. The molecule has 1 aliphatic rings. The van der Waals surface area contributed by atoms with Gasteiger partial charge in [-0.1, -0.05) is 192 Å². The largest absolute Gasteiger partial charge is 0.462 e. The van der Waals surface area contributed by atoms with Gasteiger partial charge in [-0.3, -0.25) is 14.1 Å². The van der Waals surface area contributed by atoms with Crippen molar-refractivity contribution in [3.63, 3.8) is 0 Å². The van der Waals surface area contributed by atoms with Gasteiger partial charge in [0, 0.05) is 12.8 Å². The zero-order chi connectivity index (χ0) is 46.2. The summed E-state index contributed by atoms with van der Waals surface area (Å²) in [5, 5.41) is 30.9. The summed E-state index contributed by atoms with van der Waals surface area (Å²) in [6.07, 6.45) is 36.5. The number of aliphatic hydroxyl groups excluding tert-OH is 3. The van der Waals surface area contributed by atoms with Crippen LogP contribution in [0.15, 0.2) is 24.3 Å². The molecule has 1 fully saturated rings. The summed E-state index contributed by atoms with van der Waals surface area (Å²) in [6, 6.07) is 0. The average Bonchev–Trinajstić information content (AvgIpc) is 3.25. The topological polar surface area (TPSA) is 186 Å².